The van der Waals surface area contributed by atoms with Crippen LogP contribution in [0, 0.1) is 12.8 Å². The summed E-state index contributed by atoms with van der Waals surface area (Å²) in [7, 11) is 0. The molecule has 0 heterocycles. The SMILES string of the molecule is Cc1cccc(NC(=O)CCC(C)CN)c1O. The molecule has 94 valence electrons. The van der Waals surface area contributed by atoms with Gasteiger partial charge in [-0.15, -0.1) is 0 Å². The van der Waals surface area contributed by atoms with Crippen molar-refractivity contribution in [2.24, 2.45) is 11.7 Å². The van der Waals surface area contributed by atoms with Crippen molar-refractivity contribution in [1.82, 2.24) is 0 Å². The van der Waals surface area contributed by atoms with E-state index in [-0.39, 0.29) is 11.7 Å². The molecule has 1 amide bonds. The summed E-state index contributed by atoms with van der Waals surface area (Å²) in [6.45, 7) is 4.39. The van der Waals surface area contributed by atoms with Crippen LogP contribution in [0.15, 0.2) is 18.2 Å². The molecular formula is C13H20N2O2. The number of nitrogens with one attached hydrogen (secondary N) is 1. The second-order valence-electron chi connectivity index (χ2n) is 4.40. The highest BCUT2D eigenvalue weighted by Gasteiger charge is 2.09. The van der Waals surface area contributed by atoms with Gasteiger partial charge in [0.15, 0.2) is 0 Å². The molecule has 1 aromatic carbocycles. The van der Waals surface area contributed by atoms with Gasteiger partial charge < -0.3 is 16.2 Å². The highest BCUT2D eigenvalue weighted by Crippen LogP contribution is 2.26. The molecule has 4 heteroatoms. The van der Waals surface area contributed by atoms with E-state index in [0.29, 0.717) is 24.6 Å². The quantitative estimate of drug-likeness (QED) is 0.684. The zero-order valence-corrected chi connectivity index (χ0v) is 10.4. The molecule has 0 spiro atoms. The molecule has 0 aromatic heterocycles. The molecule has 1 rings (SSSR count). The summed E-state index contributed by atoms with van der Waals surface area (Å²) in [5.41, 5.74) is 6.70. The second-order valence-corrected chi connectivity index (χ2v) is 4.40. The van der Waals surface area contributed by atoms with Gasteiger partial charge in [0.05, 0.1) is 5.69 Å². The standard InChI is InChI=1S/C13H20N2O2/c1-9(8-14)6-7-12(16)15-11-5-3-4-10(2)13(11)17/h3-5,9,17H,6-8,14H2,1-2H3,(H,15,16). The number of benzene rings is 1. The van der Waals surface area contributed by atoms with E-state index < -0.39 is 0 Å². The number of aryl methyl sites for hydroxylation is 1. The van der Waals surface area contributed by atoms with Gasteiger partial charge in [-0.05, 0) is 37.4 Å². The minimum atomic E-state index is -0.0915. The third-order valence-electron chi connectivity index (χ3n) is 2.78. The van der Waals surface area contributed by atoms with E-state index in [9.17, 15) is 9.90 Å². The molecule has 0 saturated heterocycles. The van der Waals surface area contributed by atoms with E-state index in [1.165, 1.54) is 0 Å². The van der Waals surface area contributed by atoms with Crippen LogP contribution in [0.25, 0.3) is 0 Å². The number of anilines is 1. The number of para-hydroxylation sites is 1. The second kappa shape index (κ2) is 6.25. The zero-order valence-electron chi connectivity index (χ0n) is 10.4. The Morgan fingerprint density at radius 2 is 2.24 bits per heavy atom. The zero-order chi connectivity index (χ0) is 12.8. The van der Waals surface area contributed by atoms with Gasteiger partial charge in [-0.3, -0.25) is 4.79 Å². The fourth-order valence-electron chi connectivity index (χ4n) is 1.47. The number of amides is 1. The smallest absolute Gasteiger partial charge is 0.224 e. The molecule has 1 unspecified atom stereocenters. The first-order chi connectivity index (χ1) is 8.04. The van der Waals surface area contributed by atoms with Crippen LogP contribution in [0.4, 0.5) is 5.69 Å². The Labute approximate surface area is 102 Å². The maximum Gasteiger partial charge on any atom is 0.224 e. The maximum atomic E-state index is 11.6. The van der Waals surface area contributed by atoms with E-state index >= 15 is 0 Å². The molecule has 0 radical (unpaired) electrons. The van der Waals surface area contributed by atoms with Crippen LogP contribution in [-0.4, -0.2) is 17.6 Å². The minimum absolute atomic E-state index is 0.0915. The maximum absolute atomic E-state index is 11.6. The van der Waals surface area contributed by atoms with E-state index in [1.54, 1.807) is 25.1 Å². The van der Waals surface area contributed by atoms with E-state index in [2.05, 4.69) is 5.32 Å². The highest BCUT2D eigenvalue weighted by atomic mass is 16.3. The van der Waals surface area contributed by atoms with Crippen LogP contribution < -0.4 is 11.1 Å². The Hall–Kier alpha value is -1.55. The molecule has 4 nitrogen and oxygen atoms in total. The number of hydrogen-bond donors (Lipinski definition) is 3. The van der Waals surface area contributed by atoms with Gasteiger partial charge in [0.2, 0.25) is 5.91 Å². The first-order valence-electron chi connectivity index (χ1n) is 5.83. The molecule has 1 atom stereocenters. The molecule has 0 aliphatic heterocycles. The lowest BCUT2D eigenvalue weighted by molar-refractivity contribution is -0.116. The van der Waals surface area contributed by atoms with Crippen LogP contribution in [0.3, 0.4) is 0 Å². The monoisotopic (exact) mass is 236 g/mol. The number of phenolic OH excluding ortho intramolecular Hbond substituents is 1. The summed E-state index contributed by atoms with van der Waals surface area (Å²) < 4.78 is 0. The summed E-state index contributed by atoms with van der Waals surface area (Å²) in [6.07, 6.45) is 1.18. The summed E-state index contributed by atoms with van der Waals surface area (Å²) in [6, 6.07) is 5.28. The number of rotatable bonds is 5. The number of carbonyl (C=O) groups excluding carboxylic acids is 1. The molecule has 0 saturated carbocycles. The number of phenols is 1. The lowest BCUT2D eigenvalue weighted by Crippen LogP contribution is -2.16. The van der Waals surface area contributed by atoms with E-state index in [4.69, 9.17) is 5.73 Å². The van der Waals surface area contributed by atoms with E-state index in [1.807, 2.05) is 6.92 Å². The number of nitrogens with two attached hydrogens (primary N) is 1. The third-order valence-corrected chi connectivity index (χ3v) is 2.78. The molecule has 0 fully saturated rings. The number of hydrogen-bond acceptors (Lipinski definition) is 3. The van der Waals surface area contributed by atoms with Crippen molar-refractivity contribution in [1.29, 1.82) is 0 Å². The van der Waals surface area contributed by atoms with Gasteiger partial charge >= 0.3 is 0 Å². The van der Waals surface area contributed by atoms with Crippen LogP contribution in [-0.2, 0) is 4.79 Å². The van der Waals surface area contributed by atoms with Gasteiger partial charge in [0.25, 0.3) is 0 Å². The number of carbonyl (C=O) groups is 1. The summed E-state index contributed by atoms with van der Waals surface area (Å²) in [4.78, 5) is 11.6. The normalized spacial score (nSPS) is 12.2. The molecule has 1 aromatic rings. The lowest BCUT2D eigenvalue weighted by Gasteiger charge is -2.10. The van der Waals surface area contributed by atoms with Crippen molar-refractivity contribution in [2.75, 3.05) is 11.9 Å². The lowest BCUT2D eigenvalue weighted by atomic mass is 10.1. The molecule has 0 bridgehead atoms. The molecule has 0 aliphatic carbocycles. The molecule has 4 N–H and O–H groups in total. The van der Waals surface area contributed by atoms with Crippen molar-refractivity contribution >= 4 is 11.6 Å². The first kappa shape index (κ1) is 13.5. The van der Waals surface area contributed by atoms with Crippen molar-refractivity contribution in [3.63, 3.8) is 0 Å². The Kier molecular flexibility index (Phi) is 4.97. The summed E-state index contributed by atoms with van der Waals surface area (Å²) in [5.74, 6) is 0.380. The fraction of sp³-hybridized carbons (Fsp3) is 0.462. The first-order valence-corrected chi connectivity index (χ1v) is 5.83. The van der Waals surface area contributed by atoms with Crippen LogP contribution in [0.2, 0.25) is 0 Å². The Morgan fingerprint density at radius 1 is 1.53 bits per heavy atom. The highest BCUT2D eigenvalue weighted by molar-refractivity contribution is 5.92. The van der Waals surface area contributed by atoms with Gasteiger partial charge in [0.1, 0.15) is 5.75 Å². The largest absolute Gasteiger partial charge is 0.505 e. The van der Waals surface area contributed by atoms with Crippen LogP contribution >= 0.6 is 0 Å². The predicted molar refractivity (Wildman–Crippen MR) is 68.9 cm³/mol. The van der Waals surface area contributed by atoms with Gasteiger partial charge in [0, 0.05) is 6.42 Å². The van der Waals surface area contributed by atoms with Crippen molar-refractivity contribution in [2.45, 2.75) is 26.7 Å². The van der Waals surface area contributed by atoms with Gasteiger partial charge in [-0.1, -0.05) is 19.1 Å². The fourth-order valence-corrected chi connectivity index (χ4v) is 1.47. The summed E-state index contributed by atoms with van der Waals surface area (Å²) in [5, 5.41) is 12.4. The third kappa shape index (κ3) is 4.07. The molecule has 17 heavy (non-hydrogen) atoms. The Morgan fingerprint density at radius 3 is 2.88 bits per heavy atom. The van der Waals surface area contributed by atoms with Crippen molar-refractivity contribution in [3.8, 4) is 5.75 Å². The topological polar surface area (TPSA) is 75.4 Å². The average Bonchev–Trinajstić information content (AvgIpc) is 2.32. The van der Waals surface area contributed by atoms with E-state index in [0.717, 1.165) is 12.0 Å². The van der Waals surface area contributed by atoms with Crippen molar-refractivity contribution in [3.05, 3.63) is 23.8 Å². The average molecular weight is 236 g/mol. The van der Waals surface area contributed by atoms with Crippen molar-refractivity contribution < 1.29 is 9.90 Å². The predicted octanol–water partition coefficient (Wildman–Crippen LogP) is 2.01. The minimum Gasteiger partial charge on any atom is -0.505 e. The number of aromatic hydroxyl groups is 1. The molecule has 0 aliphatic rings. The summed E-state index contributed by atoms with van der Waals surface area (Å²) >= 11 is 0. The Balaban J connectivity index is 2.54. The van der Waals surface area contributed by atoms with Gasteiger partial charge in [-0.25, -0.2) is 0 Å². The van der Waals surface area contributed by atoms with Crippen LogP contribution in [0.5, 0.6) is 5.75 Å². The van der Waals surface area contributed by atoms with Crippen LogP contribution in [0.1, 0.15) is 25.3 Å². The van der Waals surface area contributed by atoms with Gasteiger partial charge in [-0.2, -0.15) is 0 Å². The Bertz CT molecular complexity index is 391. The molecular weight excluding hydrogens is 216 g/mol.